The molecule has 0 spiro atoms. The SMILES string of the molecule is Cc1ccc2c(c1)CC(CC1(CN)CCC(C)(C)C1O)O2. The molecule has 3 unspecified atom stereocenters. The van der Waals surface area contributed by atoms with Gasteiger partial charge in [-0.15, -0.1) is 0 Å². The minimum absolute atomic E-state index is 0.0403. The van der Waals surface area contributed by atoms with E-state index in [4.69, 9.17) is 10.5 Å². The van der Waals surface area contributed by atoms with Crippen LogP contribution in [0.4, 0.5) is 0 Å². The van der Waals surface area contributed by atoms with Gasteiger partial charge in [-0.25, -0.2) is 0 Å². The van der Waals surface area contributed by atoms with Gasteiger partial charge in [0.25, 0.3) is 0 Å². The largest absolute Gasteiger partial charge is 0.490 e. The lowest BCUT2D eigenvalue weighted by atomic mass is 9.74. The second kappa shape index (κ2) is 4.99. The number of aliphatic hydroxyl groups is 1. The summed E-state index contributed by atoms with van der Waals surface area (Å²) in [5.74, 6) is 1.00. The van der Waals surface area contributed by atoms with Crippen LogP contribution in [0, 0.1) is 17.8 Å². The van der Waals surface area contributed by atoms with Crippen LogP contribution in [0.5, 0.6) is 5.75 Å². The summed E-state index contributed by atoms with van der Waals surface area (Å²) < 4.78 is 6.10. The Bertz CT molecular complexity index is 540. The zero-order chi connectivity index (χ0) is 15.3. The zero-order valence-corrected chi connectivity index (χ0v) is 13.4. The Balaban J connectivity index is 1.76. The molecule has 1 aromatic carbocycles. The van der Waals surface area contributed by atoms with Crippen molar-refractivity contribution in [1.82, 2.24) is 0 Å². The lowest BCUT2D eigenvalue weighted by molar-refractivity contribution is -0.0241. The maximum absolute atomic E-state index is 10.8. The predicted molar refractivity (Wildman–Crippen MR) is 84.4 cm³/mol. The van der Waals surface area contributed by atoms with Crippen LogP contribution in [0.3, 0.4) is 0 Å². The molecule has 0 aromatic heterocycles. The van der Waals surface area contributed by atoms with E-state index in [0.29, 0.717) is 6.54 Å². The minimum atomic E-state index is -0.343. The second-order valence-electron chi connectivity index (χ2n) is 7.72. The molecule has 21 heavy (non-hydrogen) atoms. The molecular weight excluding hydrogens is 262 g/mol. The van der Waals surface area contributed by atoms with E-state index in [1.165, 1.54) is 11.1 Å². The first-order chi connectivity index (χ1) is 9.86. The summed E-state index contributed by atoms with van der Waals surface area (Å²) in [6, 6.07) is 6.36. The van der Waals surface area contributed by atoms with E-state index in [9.17, 15) is 5.11 Å². The van der Waals surface area contributed by atoms with Gasteiger partial charge in [0.1, 0.15) is 11.9 Å². The highest BCUT2D eigenvalue weighted by atomic mass is 16.5. The van der Waals surface area contributed by atoms with Gasteiger partial charge >= 0.3 is 0 Å². The molecule has 3 heteroatoms. The fourth-order valence-electron chi connectivity index (χ4n) is 4.20. The Morgan fingerprint density at radius 1 is 1.33 bits per heavy atom. The number of hydrogen-bond donors (Lipinski definition) is 2. The number of benzene rings is 1. The number of rotatable bonds is 3. The summed E-state index contributed by atoms with van der Waals surface area (Å²) >= 11 is 0. The van der Waals surface area contributed by atoms with E-state index < -0.39 is 0 Å². The van der Waals surface area contributed by atoms with Gasteiger partial charge in [-0.1, -0.05) is 31.5 Å². The van der Waals surface area contributed by atoms with Gasteiger partial charge in [-0.3, -0.25) is 0 Å². The van der Waals surface area contributed by atoms with Crippen LogP contribution in [-0.4, -0.2) is 23.9 Å². The van der Waals surface area contributed by atoms with Crippen molar-refractivity contribution in [3.63, 3.8) is 0 Å². The smallest absolute Gasteiger partial charge is 0.123 e. The lowest BCUT2D eigenvalue weighted by Gasteiger charge is -2.37. The van der Waals surface area contributed by atoms with E-state index in [0.717, 1.165) is 31.4 Å². The van der Waals surface area contributed by atoms with Crippen LogP contribution >= 0.6 is 0 Å². The van der Waals surface area contributed by atoms with Gasteiger partial charge < -0.3 is 15.6 Å². The highest BCUT2D eigenvalue weighted by Gasteiger charge is 2.52. The maximum atomic E-state index is 10.8. The average molecular weight is 289 g/mol. The average Bonchev–Trinajstić information content (AvgIpc) is 2.92. The fourth-order valence-corrected chi connectivity index (χ4v) is 4.20. The van der Waals surface area contributed by atoms with Gasteiger partial charge in [0.15, 0.2) is 0 Å². The Hall–Kier alpha value is -1.06. The molecule has 3 atom stereocenters. The third-order valence-corrected chi connectivity index (χ3v) is 5.59. The molecule has 116 valence electrons. The summed E-state index contributed by atoms with van der Waals surface area (Å²) in [5.41, 5.74) is 8.41. The van der Waals surface area contributed by atoms with Crippen molar-refractivity contribution < 1.29 is 9.84 Å². The highest BCUT2D eigenvalue weighted by Crippen LogP contribution is 2.52. The molecule has 0 radical (unpaired) electrons. The molecule has 3 N–H and O–H groups in total. The van der Waals surface area contributed by atoms with Crippen molar-refractivity contribution in [2.24, 2.45) is 16.6 Å². The number of aryl methyl sites for hydroxylation is 1. The standard InChI is InChI=1S/C18H27NO2/c1-12-4-5-15-13(8-12)9-14(21-15)10-18(11-19)7-6-17(2,3)16(18)20/h4-5,8,14,16,20H,6-7,9-11,19H2,1-3H3. The van der Waals surface area contributed by atoms with Crippen molar-refractivity contribution in [2.45, 2.75) is 58.7 Å². The summed E-state index contributed by atoms with van der Waals surface area (Å²) in [4.78, 5) is 0. The monoisotopic (exact) mass is 289 g/mol. The second-order valence-corrected chi connectivity index (χ2v) is 7.72. The van der Waals surface area contributed by atoms with Crippen LogP contribution in [0.1, 0.15) is 44.2 Å². The summed E-state index contributed by atoms with van der Waals surface area (Å²) in [6.45, 7) is 6.93. The molecule has 1 aromatic rings. The molecule has 3 rings (SSSR count). The first kappa shape index (κ1) is 14.9. The van der Waals surface area contributed by atoms with Crippen LogP contribution < -0.4 is 10.5 Å². The predicted octanol–water partition coefficient (Wildman–Crippen LogP) is 2.81. The minimum Gasteiger partial charge on any atom is -0.490 e. The molecule has 0 saturated heterocycles. The first-order valence-electron chi connectivity index (χ1n) is 8.01. The molecule has 1 heterocycles. The molecular formula is C18H27NO2. The van der Waals surface area contributed by atoms with Crippen molar-refractivity contribution in [2.75, 3.05) is 6.54 Å². The third kappa shape index (κ3) is 2.47. The molecule has 1 saturated carbocycles. The fraction of sp³-hybridized carbons (Fsp3) is 0.667. The third-order valence-electron chi connectivity index (χ3n) is 5.59. The van der Waals surface area contributed by atoms with E-state index in [1.807, 2.05) is 0 Å². The van der Waals surface area contributed by atoms with E-state index in [1.54, 1.807) is 0 Å². The Morgan fingerprint density at radius 3 is 2.71 bits per heavy atom. The van der Waals surface area contributed by atoms with Crippen molar-refractivity contribution in [1.29, 1.82) is 0 Å². The van der Waals surface area contributed by atoms with Gasteiger partial charge in [-0.2, -0.15) is 0 Å². The maximum Gasteiger partial charge on any atom is 0.123 e. The summed E-state index contributed by atoms with van der Waals surface area (Å²) in [6.07, 6.45) is 3.61. The molecule has 1 fully saturated rings. The van der Waals surface area contributed by atoms with Gasteiger partial charge in [0.2, 0.25) is 0 Å². The van der Waals surface area contributed by atoms with E-state index in [2.05, 4.69) is 39.0 Å². The number of ether oxygens (including phenoxy) is 1. The molecule has 3 nitrogen and oxygen atoms in total. The normalized spacial score (nSPS) is 33.8. The quantitative estimate of drug-likeness (QED) is 0.899. The van der Waals surface area contributed by atoms with Crippen LogP contribution in [0.25, 0.3) is 0 Å². The first-order valence-corrected chi connectivity index (χ1v) is 8.01. The molecule has 0 amide bonds. The number of hydrogen-bond acceptors (Lipinski definition) is 3. The topological polar surface area (TPSA) is 55.5 Å². The molecule has 0 bridgehead atoms. The number of fused-ring (bicyclic) bond motifs is 1. The summed E-state index contributed by atoms with van der Waals surface area (Å²) in [5, 5.41) is 10.8. The van der Waals surface area contributed by atoms with Crippen molar-refractivity contribution in [3.8, 4) is 5.75 Å². The Morgan fingerprint density at radius 2 is 2.10 bits per heavy atom. The van der Waals surface area contributed by atoms with Gasteiger partial charge in [0.05, 0.1) is 6.10 Å². The van der Waals surface area contributed by atoms with Gasteiger partial charge in [0, 0.05) is 18.4 Å². The summed E-state index contributed by atoms with van der Waals surface area (Å²) in [7, 11) is 0. The van der Waals surface area contributed by atoms with Crippen molar-refractivity contribution in [3.05, 3.63) is 29.3 Å². The van der Waals surface area contributed by atoms with Crippen LogP contribution in [0.15, 0.2) is 18.2 Å². The van der Waals surface area contributed by atoms with Crippen LogP contribution in [-0.2, 0) is 6.42 Å². The molecule has 1 aliphatic heterocycles. The van der Waals surface area contributed by atoms with E-state index in [-0.39, 0.29) is 23.0 Å². The Labute approximate surface area is 127 Å². The molecule has 2 aliphatic rings. The molecule has 1 aliphatic carbocycles. The zero-order valence-electron chi connectivity index (χ0n) is 13.4. The van der Waals surface area contributed by atoms with Crippen molar-refractivity contribution >= 4 is 0 Å². The van der Waals surface area contributed by atoms with Gasteiger partial charge in [-0.05, 0) is 43.2 Å². The lowest BCUT2D eigenvalue weighted by Crippen LogP contribution is -2.45. The number of aliphatic hydroxyl groups excluding tert-OH is 1. The van der Waals surface area contributed by atoms with E-state index >= 15 is 0 Å². The van der Waals surface area contributed by atoms with Crippen LogP contribution in [0.2, 0.25) is 0 Å². The Kier molecular flexibility index (Phi) is 3.53. The number of nitrogens with two attached hydrogens (primary N) is 1. The highest BCUT2D eigenvalue weighted by molar-refractivity contribution is 5.40.